The quantitative estimate of drug-likeness (QED) is 0.287. The Hall–Kier alpha value is 0.502. The van der Waals surface area contributed by atoms with Gasteiger partial charge in [-0.25, -0.2) is 0 Å². The molecule has 0 atom stereocenters. The van der Waals surface area contributed by atoms with Crippen LogP contribution < -0.4 is 23.9 Å². The fourth-order valence-corrected chi connectivity index (χ4v) is 0. The first-order valence-corrected chi connectivity index (χ1v) is 0.752. The van der Waals surface area contributed by atoms with Crippen LogP contribution in [0.25, 0.3) is 0 Å². The van der Waals surface area contributed by atoms with Gasteiger partial charge in [-0.05, 0) is 0 Å². The molecule has 0 heterocycles. The van der Waals surface area contributed by atoms with Crippen LogP contribution in [0.2, 0.25) is 0 Å². The summed E-state index contributed by atoms with van der Waals surface area (Å²) in [4.78, 5) is 0. The fraction of sp³-hybridized carbons (Fsp3) is 0. The summed E-state index contributed by atoms with van der Waals surface area (Å²) in [5.74, 6) is 0. The molecule has 0 saturated carbocycles. The number of hydrogen-bond acceptors (Lipinski definition) is 3. The Labute approximate surface area is 47.5 Å². The van der Waals surface area contributed by atoms with Gasteiger partial charge in [-0.3, -0.25) is 0 Å². The zero-order valence-electron chi connectivity index (χ0n) is 3.38. The minimum absolute atomic E-state index is 0. The first kappa shape index (κ1) is 16.0. The van der Waals surface area contributed by atoms with Crippen molar-refractivity contribution in [2.75, 3.05) is 0 Å². The van der Waals surface area contributed by atoms with E-state index >= 15 is 0 Å². The average Bonchev–Trinajstić information content (AvgIpc) is 0.811. The van der Waals surface area contributed by atoms with Crippen LogP contribution in [-0.4, -0.2) is 22.8 Å². The third-order valence-electron chi connectivity index (χ3n) is 0. The van der Waals surface area contributed by atoms with E-state index in [2.05, 4.69) is 0 Å². The van der Waals surface area contributed by atoms with Gasteiger partial charge in [-0.1, -0.05) is 0 Å². The predicted molar refractivity (Wildman–Crippen MR) is 13.8 cm³/mol. The van der Waals surface area contributed by atoms with Crippen LogP contribution in [0.3, 0.4) is 0 Å². The Morgan fingerprint density at radius 2 is 1.33 bits per heavy atom. The van der Waals surface area contributed by atoms with Gasteiger partial charge in [-0.2, -0.15) is 0 Å². The molecule has 0 rings (SSSR count). The average molecular weight is 85.8 g/mol. The first-order valence-electron chi connectivity index (χ1n) is 0.752. The second-order valence-corrected chi connectivity index (χ2v) is 0.326. The second-order valence-electron chi connectivity index (χ2n) is 0.326. The van der Waals surface area contributed by atoms with E-state index in [0.29, 0.717) is 0 Å². The van der Waals surface area contributed by atoms with Crippen LogP contribution in [0.4, 0.5) is 0 Å². The summed E-state index contributed by atoms with van der Waals surface area (Å²) in [5.41, 5.74) is 0. The maximum absolute atomic E-state index is 8.64. The van der Waals surface area contributed by atoms with Crippen LogP contribution in [-0.2, 0) is 0 Å². The van der Waals surface area contributed by atoms with Crippen molar-refractivity contribution >= 4 is 7.32 Å². The predicted octanol–water partition coefficient (Wildman–Crippen LogP) is -6.50. The van der Waals surface area contributed by atoms with Crippen molar-refractivity contribution < 1.29 is 39.4 Å². The summed E-state index contributed by atoms with van der Waals surface area (Å²) in [5, 5.41) is 22.8. The van der Waals surface area contributed by atoms with Gasteiger partial charge in [0.2, 0.25) is 0 Å². The normalized spacial score (nSPS) is 4.50. The molecule has 0 aliphatic heterocycles. The molecule has 0 fully saturated rings. The zero-order valence-corrected chi connectivity index (χ0v) is 3.38. The van der Waals surface area contributed by atoms with Gasteiger partial charge in [0.1, 0.15) is 0 Å². The van der Waals surface area contributed by atoms with Gasteiger partial charge in [0.05, 0.1) is 0 Å². The molecule has 6 heavy (non-hydrogen) atoms. The zero-order chi connectivity index (χ0) is 3.58. The van der Waals surface area contributed by atoms with E-state index in [-0.39, 0.29) is 24.3 Å². The van der Waals surface area contributed by atoms with Gasteiger partial charge in [-0.15, -0.1) is 0 Å². The van der Waals surface area contributed by atoms with Crippen molar-refractivity contribution in [3.05, 3.63) is 0 Å². The summed E-state index contributed by atoms with van der Waals surface area (Å²) in [6, 6.07) is 0. The molecule has 0 aromatic heterocycles. The fourth-order valence-electron chi connectivity index (χ4n) is 0. The number of hydrogen-bond donors (Lipinski definition) is 2. The van der Waals surface area contributed by atoms with E-state index in [1.807, 2.05) is 0 Å². The topological polar surface area (TPSA) is 95.0 Å². The van der Waals surface area contributed by atoms with Crippen molar-refractivity contribution in [1.29, 1.82) is 0 Å². The van der Waals surface area contributed by atoms with Crippen LogP contribution in [0.5, 0.6) is 0 Å². The summed E-state index contributed by atoms with van der Waals surface area (Å²) < 4.78 is 0. The Morgan fingerprint density at radius 3 is 1.33 bits per heavy atom. The van der Waals surface area contributed by atoms with Crippen molar-refractivity contribution in [3.8, 4) is 0 Å². The second kappa shape index (κ2) is 9.09. The third-order valence-corrected chi connectivity index (χ3v) is 0. The molecule has 4 nitrogen and oxygen atoms in total. The van der Waals surface area contributed by atoms with Crippen molar-refractivity contribution in [1.82, 2.24) is 0 Å². The third kappa shape index (κ3) is 219. The Bertz CT molecular complexity index is 12.3. The molecule has 0 aliphatic rings. The summed E-state index contributed by atoms with van der Waals surface area (Å²) in [6.07, 6.45) is 0. The van der Waals surface area contributed by atoms with Crippen LogP contribution in [0.15, 0.2) is 0 Å². The number of rotatable bonds is 0. The maximum atomic E-state index is 8.64. The molecule has 32 valence electrons. The first-order chi connectivity index (χ1) is 1.73. The summed E-state index contributed by atoms with van der Waals surface area (Å²) in [6.45, 7) is 0. The van der Waals surface area contributed by atoms with E-state index in [0.717, 1.165) is 0 Å². The largest absolute Gasteiger partial charge is 1.00 e. The molecule has 6 heteroatoms. The minimum Gasteiger partial charge on any atom is -0.832 e. The summed E-state index contributed by atoms with van der Waals surface area (Å²) >= 11 is 0. The smallest absolute Gasteiger partial charge is 0.832 e. The molecule has 0 bridgehead atoms. The van der Waals surface area contributed by atoms with E-state index in [1.165, 1.54) is 0 Å². The van der Waals surface area contributed by atoms with Crippen LogP contribution in [0, 0.1) is 0 Å². The van der Waals surface area contributed by atoms with Gasteiger partial charge in [0, 0.05) is 0 Å². The van der Waals surface area contributed by atoms with Gasteiger partial charge in [0.15, 0.2) is 0 Å². The van der Waals surface area contributed by atoms with Crippen molar-refractivity contribution in [3.63, 3.8) is 0 Å². The molecule has 0 amide bonds. The van der Waals surface area contributed by atoms with E-state index < -0.39 is 7.32 Å². The van der Waals surface area contributed by atoms with Gasteiger partial charge < -0.3 is 20.5 Å². The molecule has 0 saturated heterocycles. The maximum Gasteiger partial charge on any atom is 1.00 e. The molecular formula is H4BLiO4. The van der Waals surface area contributed by atoms with Crippen molar-refractivity contribution in [2.24, 2.45) is 0 Å². The van der Waals surface area contributed by atoms with E-state index in [9.17, 15) is 0 Å². The van der Waals surface area contributed by atoms with Crippen molar-refractivity contribution in [2.45, 2.75) is 0 Å². The molecule has 0 aliphatic carbocycles. The minimum atomic E-state index is -2.42. The molecule has 0 spiro atoms. The Balaban J connectivity index is -0.0000000450. The van der Waals surface area contributed by atoms with E-state index in [4.69, 9.17) is 15.1 Å². The van der Waals surface area contributed by atoms with Gasteiger partial charge in [0.25, 0.3) is 0 Å². The Kier molecular flexibility index (Phi) is 24.3. The summed E-state index contributed by atoms with van der Waals surface area (Å²) in [7, 11) is -2.42. The van der Waals surface area contributed by atoms with Gasteiger partial charge >= 0.3 is 26.2 Å². The molecule has 0 aromatic carbocycles. The van der Waals surface area contributed by atoms with Crippen LogP contribution in [0.1, 0.15) is 0 Å². The Morgan fingerprint density at radius 1 is 1.33 bits per heavy atom. The molecule has 0 radical (unpaired) electrons. The monoisotopic (exact) mass is 86.0 g/mol. The standard InChI is InChI=1S/BH2O3.Li.H2O/c2-1(3)4;;/h2-3H;;1H2/q-1;+1;. The molecule has 4 N–H and O–H groups in total. The van der Waals surface area contributed by atoms with Crippen LogP contribution >= 0.6 is 0 Å². The van der Waals surface area contributed by atoms with E-state index in [1.54, 1.807) is 0 Å². The molecule has 0 aromatic rings. The SMILES string of the molecule is O.[Li+].[O-]B(O)O. The molecular weight excluding hydrogens is 81.7 g/mol. The molecule has 0 unspecified atom stereocenters.